The molecule has 1 fully saturated rings. The quantitative estimate of drug-likeness (QED) is 0.472. The van der Waals surface area contributed by atoms with Crippen LogP contribution in [0.5, 0.6) is 0 Å². The molecule has 1 aliphatic rings. The standard InChI is InChI=1S/C20H16N4O2S2/c25-20(21-12-7-8-12)14-10-18(22-15-5-2-1-4-13(14)15)28-11-17-23-19(24-26-17)16-6-3-9-27-16/h1-6,9-10,12H,7-8,11H2,(H,21,25). The fourth-order valence-electron chi connectivity index (χ4n) is 2.86. The molecule has 0 bridgehead atoms. The molecule has 4 aromatic rings. The van der Waals surface area contributed by atoms with E-state index in [4.69, 9.17) is 4.52 Å². The smallest absolute Gasteiger partial charge is 0.252 e. The van der Waals surface area contributed by atoms with Gasteiger partial charge in [-0.2, -0.15) is 4.98 Å². The number of thiophene rings is 1. The van der Waals surface area contributed by atoms with E-state index in [1.807, 2.05) is 47.8 Å². The van der Waals surface area contributed by atoms with Crippen molar-refractivity contribution < 1.29 is 9.32 Å². The van der Waals surface area contributed by atoms with Crippen molar-refractivity contribution >= 4 is 39.9 Å². The molecule has 5 rings (SSSR count). The first-order valence-corrected chi connectivity index (χ1v) is 10.8. The Kier molecular flexibility index (Phi) is 4.58. The van der Waals surface area contributed by atoms with Crippen LogP contribution in [0.15, 0.2) is 57.4 Å². The Morgan fingerprint density at radius 2 is 2.11 bits per heavy atom. The topological polar surface area (TPSA) is 80.9 Å². The summed E-state index contributed by atoms with van der Waals surface area (Å²) in [7, 11) is 0. The zero-order chi connectivity index (χ0) is 18.9. The van der Waals surface area contributed by atoms with Crippen molar-refractivity contribution in [2.75, 3.05) is 0 Å². The molecule has 140 valence electrons. The molecule has 0 unspecified atom stereocenters. The normalized spacial score (nSPS) is 13.7. The van der Waals surface area contributed by atoms with Gasteiger partial charge in [0.05, 0.1) is 26.7 Å². The van der Waals surface area contributed by atoms with Gasteiger partial charge in [0.25, 0.3) is 5.91 Å². The average Bonchev–Trinajstić information content (AvgIpc) is 3.19. The summed E-state index contributed by atoms with van der Waals surface area (Å²) < 4.78 is 5.35. The molecule has 3 heterocycles. The Hall–Kier alpha value is -2.71. The Bertz CT molecular complexity index is 1140. The molecule has 0 spiro atoms. The minimum Gasteiger partial charge on any atom is -0.349 e. The van der Waals surface area contributed by atoms with Crippen LogP contribution in [-0.2, 0) is 5.75 Å². The second-order valence-corrected chi connectivity index (χ2v) is 8.49. The molecule has 0 aliphatic heterocycles. The van der Waals surface area contributed by atoms with Crippen molar-refractivity contribution in [1.29, 1.82) is 0 Å². The van der Waals surface area contributed by atoms with Gasteiger partial charge in [-0.15, -0.1) is 11.3 Å². The largest absolute Gasteiger partial charge is 0.349 e. The van der Waals surface area contributed by atoms with Crippen molar-refractivity contribution in [2.45, 2.75) is 29.7 Å². The summed E-state index contributed by atoms with van der Waals surface area (Å²) in [6.07, 6.45) is 2.11. The Morgan fingerprint density at radius 1 is 1.21 bits per heavy atom. The van der Waals surface area contributed by atoms with Gasteiger partial charge in [-0.3, -0.25) is 4.79 Å². The summed E-state index contributed by atoms with van der Waals surface area (Å²) in [5, 5.41) is 10.7. The highest BCUT2D eigenvalue weighted by molar-refractivity contribution is 7.98. The maximum Gasteiger partial charge on any atom is 0.252 e. The van der Waals surface area contributed by atoms with Gasteiger partial charge < -0.3 is 9.84 Å². The lowest BCUT2D eigenvalue weighted by atomic mass is 10.1. The summed E-state index contributed by atoms with van der Waals surface area (Å²) in [4.78, 5) is 22.8. The lowest BCUT2D eigenvalue weighted by molar-refractivity contribution is 0.0952. The van der Waals surface area contributed by atoms with Gasteiger partial charge in [0.2, 0.25) is 11.7 Å². The number of amides is 1. The van der Waals surface area contributed by atoms with Crippen LogP contribution in [0, 0.1) is 0 Å². The van der Waals surface area contributed by atoms with Gasteiger partial charge in [0.1, 0.15) is 0 Å². The van der Waals surface area contributed by atoms with E-state index in [0.717, 1.165) is 33.6 Å². The first kappa shape index (κ1) is 17.4. The van der Waals surface area contributed by atoms with Crippen LogP contribution < -0.4 is 5.32 Å². The predicted molar refractivity (Wildman–Crippen MR) is 109 cm³/mol. The van der Waals surface area contributed by atoms with Crippen molar-refractivity contribution in [2.24, 2.45) is 0 Å². The molecule has 3 aromatic heterocycles. The number of aromatic nitrogens is 3. The van der Waals surface area contributed by atoms with E-state index in [1.165, 1.54) is 11.8 Å². The van der Waals surface area contributed by atoms with Gasteiger partial charge in [-0.05, 0) is 36.4 Å². The highest BCUT2D eigenvalue weighted by atomic mass is 32.2. The number of hydrogen-bond acceptors (Lipinski definition) is 7. The van der Waals surface area contributed by atoms with Gasteiger partial charge in [-0.1, -0.05) is 41.2 Å². The molecule has 1 N–H and O–H groups in total. The van der Waals surface area contributed by atoms with E-state index in [-0.39, 0.29) is 5.91 Å². The number of hydrogen-bond donors (Lipinski definition) is 1. The number of fused-ring (bicyclic) bond motifs is 1. The van der Waals surface area contributed by atoms with E-state index in [9.17, 15) is 4.79 Å². The van der Waals surface area contributed by atoms with Gasteiger partial charge >= 0.3 is 0 Å². The number of pyridine rings is 1. The van der Waals surface area contributed by atoms with E-state index in [2.05, 4.69) is 20.4 Å². The SMILES string of the molecule is O=C(NC1CC1)c1cc(SCc2nc(-c3cccs3)no2)nc2ccccc12. The lowest BCUT2D eigenvalue weighted by Gasteiger charge is -2.09. The average molecular weight is 409 g/mol. The summed E-state index contributed by atoms with van der Waals surface area (Å²) >= 11 is 3.05. The third-order valence-corrected chi connectivity index (χ3v) is 6.17. The fraction of sp³-hybridized carbons (Fsp3) is 0.200. The fourth-order valence-corrected chi connectivity index (χ4v) is 4.26. The van der Waals surface area contributed by atoms with Crippen molar-refractivity contribution in [1.82, 2.24) is 20.4 Å². The molecular weight excluding hydrogens is 392 g/mol. The first-order valence-electron chi connectivity index (χ1n) is 8.96. The Morgan fingerprint density at radius 3 is 2.93 bits per heavy atom. The van der Waals surface area contributed by atoms with Crippen LogP contribution in [0.2, 0.25) is 0 Å². The van der Waals surface area contributed by atoms with Crippen molar-refractivity contribution in [3.05, 3.63) is 59.3 Å². The van der Waals surface area contributed by atoms with Crippen LogP contribution in [0.25, 0.3) is 21.6 Å². The predicted octanol–water partition coefficient (Wildman–Crippen LogP) is 4.53. The number of carbonyl (C=O) groups excluding carboxylic acids is 1. The summed E-state index contributed by atoms with van der Waals surface area (Å²) in [6.45, 7) is 0. The van der Waals surface area contributed by atoms with Crippen LogP contribution >= 0.6 is 23.1 Å². The van der Waals surface area contributed by atoms with Crippen molar-refractivity contribution in [3.8, 4) is 10.7 Å². The number of carbonyl (C=O) groups is 1. The van der Waals surface area contributed by atoms with Crippen LogP contribution in [0.1, 0.15) is 29.1 Å². The third kappa shape index (κ3) is 3.65. The van der Waals surface area contributed by atoms with Crippen molar-refractivity contribution in [3.63, 3.8) is 0 Å². The maximum atomic E-state index is 12.7. The minimum atomic E-state index is -0.0410. The number of nitrogens with one attached hydrogen (secondary N) is 1. The van der Waals surface area contributed by atoms with E-state index in [0.29, 0.717) is 29.1 Å². The number of benzene rings is 1. The minimum absolute atomic E-state index is 0.0410. The molecule has 8 heteroatoms. The zero-order valence-corrected chi connectivity index (χ0v) is 16.4. The molecule has 0 radical (unpaired) electrons. The van der Waals surface area contributed by atoms with E-state index < -0.39 is 0 Å². The second-order valence-electron chi connectivity index (χ2n) is 6.55. The molecule has 0 atom stereocenters. The number of thioether (sulfide) groups is 1. The molecule has 1 aromatic carbocycles. The van der Waals surface area contributed by atoms with E-state index in [1.54, 1.807) is 11.3 Å². The molecule has 1 aliphatic carbocycles. The second kappa shape index (κ2) is 7.37. The molecule has 1 amide bonds. The van der Waals surface area contributed by atoms with Crippen LogP contribution in [-0.4, -0.2) is 27.1 Å². The third-order valence-electron chi connectivity index (χ3n) is 4.40. The van der Waals surface area contributed by atoms with Gasteiger partial charge in [0.15, 0.2) is 0 Å². The molecular formula is C20H16N4O2S2. The van der Waals surface area contributed by atoms with Crippen LogP contribution in [0.4, 0.5) is 0 Å². The summed E-state index contributed by atoms with van der Waals surface area (Å²) in [5.41, 5.74) is 1.46. The zero-order valence-electron chi connectivity index (χ0n) is 14.8. The van der Waals surface area contributed by atoms with Gasteiger partial charge in [-0.25, -0.2) is 4.98 Å². The summed E-state index contributed by atoms with van der Waals surface area (Å²) in [5.74, 6) is 1.59. The highest BCUT2D eigenvalue weighted by Crippen LogP contribution is 2.28. The van der Waals surface area contributed by atoms with E-state index >= 15 is 0 Å². The lowest BCUT2D eigenvalue weighted by Crippen LogP contribution is -2.25. The number of rotatable bonds is 6. The number of para-hydroxylation sites is 1. The monoisotopic (exact) mass is 408 g/mol. The Labute approximate surface area is 169 Å². The maximum absolute atomic E-state index is 12.7. The highest BCUT2D eigenvalue weighted by Gasteiger charge is 2.25. The summed E-state index contributed by atoms with van der Waals surface area (Å²) in [6, 6.07) is 13.8. The van der Waals surface area contributed by atoms with Crippen LogP contribution in [0.3, 0.4) is 0 Å². The number of nitrogens with zero attached hydrogens (tertiary/aromatic N) is 3. The molecule has 0 saturated heterocycles. The van der Waals surface area contributed by atoms with Gasteiger partial charge in [0, 0.05) is 11.4 Å². The molecule has 28 heavy (non-hydrogen) atoms. The first-order chi connectivity index (χ1) is 13.8. The Balaban J connectivity index is 1.39. The molecule has 1 saturated carbocycles. The molecule has 6 nitrogen and oxygen atoms in total.